The van der Waals surface area contributed by atoms with Gasteiger partial charge in [0, 0.05) is 6.54 Å². The van der Waals surface area contributed by atoms with Crippen LogP contribution in [0.3, 0.4) is 0 Å². The van der Waals surface area contributed by atoms with Gasteiger partial charge in [-0.05, 0) is 24.6 Å². The molecule has 10 nitrogen and oxygen atoms in total. The number of rotatable bonds is 8. The van der Waals surface area contributed by atoms with E-state index in [4.69, 9.17) is 13.9 Å². The molecule has 0 aliphatic carbocycles. The Kier molecular flexibility index (Phi) is 6.77. The molecule has 10 heteroatoms. The van der Waals surface area contributed by atoms with Crippen LogP contribution in [0.1, 0.15) is 24.9 Å². The summed E-state index contributed by atoms with van der Waals surface area (Å²) in [6.07, 6.45) is -0.111. The fourth-order valence-corrected chi connectivity index (χ4v) is 3.73. The number of para-hydroxylation sites is 2. The third kappa shape index (κ3) is 4.85. The average Bonchev–Trinajstić information content (AvgIpc) is 3.16. The molecule has 0 spiro atoms. The maximum Gasteiger partial charge on any atom is 0.419 e. The molecular formula is C24H23N3O7. The van der Waals surface area contributed by atoms with E-state index in [1.165, 1.54) is 4.57 Å². The van der Waals surface area contributed by atoms with Crippen molar-refractivity contribution < 1.29 is 28.3 Å². The van der Waals surface area contributed by atoms with Crippen molar-refractivity contribution >= 4 is 29.1 Å². The maximum atomic E-state index is 12.7. The molecule has 2 aromatic carbocycles. The van der Waals surface area contributed by atoms with Crippen molar-refractivity contribution in [2.24, 2.45) is 0 Å². The highest BCUT2D eigenvalue weighted by atomic mass is 16.5. The van der Waals surface area contributed by atoms with Crippen molar-refractivity contribution in [3.63, 3.8) is 0 Å². The zero-order chi connectivity index (χ0) is 24.1. The van der Waals surface area contributed by atoms with Gasteiger partial charge in [0.1, 0.15) is 6.61 Å². The summed E-state index contributed by atoms with van der Waals surface area (Å²) < 4.78 is 17.0. The molecule has 2 N–H and O–H groups in total. The minimum atomic E-state index is -0.765. The molecule has 2 heterocycles. The molecule has 0 fully saturated rings. The lowest BCUT2D eigenvalue weighted by molar-refractivity contribution is -0.144. The van der Waals surface area contributed by atoms with E-state index in [9.17, 15) is 19.2 Å². The monoisotopic (exact) mass is 465 g/mol. The number of amides is 2. The summed E-state index contributed by atoms with van der Waals surface area (Å²) in [6.45, 7) is 1.52. The van der Waals surface area contributed by atoms with Crippen LogP contribution in [0.5, 0.6) is 0 Å². The number of urea groups is 1. The number of nitrogens with zero attached hydrogens (tertiary/aromatic N) is 1. The van der Waals surface area contributed by atoms with Gasteiger partial charge in [-0.2, -0.15) is 0 Å². The quantitative estimate of drug-likeness (QED) is 0.489. The highest BCUT2D eigenvalue weighted by Gasteiger charge is 2.34. The summed E-state index contributed by atoms with van der Waals surface area (Å²) in [4.78, 5) is 49.5. The SMILES string of the molecule is CCOC(=O)C1=C(COC(=O)CCn2c(=O)oc3ccccc32)NC(=O)NC1c1ccccc1. The van der Waals surface area contributed by atoms with Crippen LogP contribution in [0, 0.1) is 0 Å². The van der Waals surface area contributed by atoms with E-state index in [2.05, 4.69) is 10.6 Å². The summed E-state index contributed by atoms with van der Waals surface area (Å²) >= 11 is 0. The van der Waals surface area contributed by atoms with E-state index in [-0.39, 0.29) is 37.4 Å². The second-order valence-electron chi connectivity index (χ2n) is 7.45. The Hall–Kier alpha value is -4.34. The van der Waals surface area contributed by atoms with Gasteiger partial charge in [-0.1, -0.05) is 42.5 Å². The van der Waals surface area contributed by atoms with Crippen LogP contribution < -0.4 is 16.4 Å². The molecule has 34 heavy (non-hydrogen) atoms. The van der Waals surface area contributed by atoms with Crippen LogP contribution in [0.2, 0.25) is 0 Å². The Morgan fingerprint density at radius 1 is 1.03 bits per heavy atom. The number of benzene rings is 2. The molecule has 0 saturated carbocycles. The Balaban J connectivity index is 1.50. The number of aryl methyl sites for hydroxylation is 1. The summed E-state index contributed by atoms with van der Waals surface area (Å²) in [5, 5.41) is 5.25. The zero-order valence-corrected chi connectivity index (χ0v) is 18.4. The van der Waals surface area contributed by atoms with E-state index in [0.717, 1.165) is 0 Å². The first-order valence-electron chi connectivity index (χ1n) is 10.7. The second kappa shape index (κ2) is 10.1. The molecule has 0 saturated heterocycles. The van der Waals surface area contributed by atoms with Crippen molar-refractivity contribution in [2.45, 2.75) is 25.9 Å². The van der Waals surface area contributed by atoms with Crippen LogP contribution in [0.15, 0.2) is 75.1 Å². The third-order valence-electron chi connectivity index (χ3n) is 5.27. The largest absolute Gasteiger partial charge is 0.463 e. The second-order valence-corrected chi connectivity index (χ2v) is 7.45. The van der Waals surface area contributed by atoms with Gasteiger partial charge in [0.25, 0.3) is 0 Å². The highest BCUT2D eigenvalue weighted by molar-refractivity contribution is 5.95. The Bertz CT molecular complexity index is 1310. The number of carbonyl (C=O) groups excluding carboxylic acids is 3. The summed E-state index contributed by atoms with van der Waals surface area (Å²) in [7, 11) is 0. The van der Waals surface area contributed by atoms with Crippen LogP contribution in [0.4, 0.5) is 4.79 Å². The van der Waals surface area contributed by atoms with Gasteiger partial charge < -0.3 is 24.5 Å². The number of oxazole rings is 1. The highest BCUT2D eigenvalue weighted by Crippen LogP contribution is 2.27. The number of carbonyl (C=O) groups is 3. The molecule has 1 aliphatic heterocycles. The molecule has 2 amide bonds. The first kappa shape index (κ1) is 22.8. The smallest absolute Gasteiger partial charge is 0.419 e. The lowest BCUT2D eigenvalue weighted by atomic mass is 9.95. The predicted octanol–water partition coefficient (Wildman–Crippen LogP) is 2.40. The number of ether oxygens (including phenoxy) is 2. The van der Waals surface area contributed by atoms with Crippen LogP contribution in [-0.4, -0.2) is 35.8 Å². The lowest BCUT2D eigenvalue weighted by Crippen LogP contribution is -2.47. The van der Waals surface area contributed by atoms with Gasteiger partial charge in [-0.25, -0.2) is 14.4 Å². The number of hydrogen-bond donors (Lipinski definition) is 2. The first-order chi connectivity index (χ1) is 16.5. The van der Waals surface area contributed by atoms with Gasteiger partial charge in [0.15, 0.2) is 5.58 Å². The minimum absolute atomic E-state index is 0.0546. The number of fused-ring (bicyclic) bond motifs is 1. The summed E-state index contributed by atoms with van der Waals surface area (Å²) in [5.41, 5.74) is 1.96. The van der Waals surface area contributed by atoms with Gasteiger partial charge in [-0.15, -0.1) is 0 Å². The van der Waals surface area contributed by atoms with Crippen molar-refractivity contribution in [1.82, 2.24) is 15.2 Å². The van der Waals surface area contributed by atoms with E-state index in [1.54, 1.807) is 55.5 Å². The molecule has 4 rings (SSSR count). The summed E-state index contributed by atoms with van der Waals surface area (Å²) in [6, 6.07) is 14.5. The number of nitrogens with one attached hydrogen (secondary N) is 2. The molecule has 3 aromatic rings. The fourth-order valence-electron chi connectivity index (χ4n) is 3.73. The van der Waals surface area contributed by atoms with Crippen LogP contribution in [-0.2, 0) is 25.6 Å². The molecule has 176 valence electrons. The Morgan fingerprint density at radius 2 is 1.76 bits per heavy atom. The van der Waals surface area contributed by atoms with E-state index < -0.39 is 29.8 Å². The number of aromatic nitrogens is 1. The van der Waals surface area contributed by atoms with E-state index >= 15 is 0 Å². The standard InChI is InChI=1S/C24H23N3O7/c1-2-32-22(29)20-16(25-23(30)26-21(20)15-8-4-3-5-9-15)14-33-19(28)12-13-27-17-10-6-7-11-18(17)34-24(27)31/h3-11,21H,2,12-14H2,1H3,(H2,25,26,30). The molecular weight excluding hydrogens is 442 g/mol. The Labute approximate surface area is 194 Å². The fraction of sp³-hybridized carbons (Fsp3) is 0.250. The normalized spacial score (nSPS) is 15.6. The molecule has 1 aliphatic rings. The van der Waals surface area contributed by atoms with Crippen LogP contribution >= 0.6 is 0 Å². The summed E-state index contributed by atoms with van der Waals surface area (Å²) in [5.74, 6) is -1.82. The molecule has 0 radical (unpaired) electrons. The lowest BCUT2D eigenvalue weighted by Gasteiger charge is -2.29. The maximum absolute atomic E-state index is 12.7. The van der Waals surface area contributed by atoms with Gasteiger partial charge in [0.05, 0.1) is 35.9 Å². The van der Waals surface area contributed by atoms with Crippen LogP contribution in [0.25, 0.3) is 11.1 Å². The van der Waals surface area contributed by atoms with Crippen molar-refractivity contribution in [3.05, 3.63) is 82.0 Å². The third-order valence-corrected chi connectivity index (χ3v) is 5.27. The molecule has 1 unspecified atom stereocenters. The average molecular weight is 465 g/mol. The van der Waals surface area contributed by atoms with Gasteiger partial charge in [-0.3, -0.25) is 9.36 Å². The molecule has 1 aromatic heterocycles. The van der Waals surface area contributed by atoms with Crippen molar-refractivity contribution in [1.29, 1.82) is 0 Å². The van der Waals surface area contributed by atoms with Gasteiger partial charge in [0.2, 0.25) is 0 Å². The predicted molar refractivity (Wildman–Crippen MR) is 121 cm³/mol. The topological polar surface area (TPSA) is 129 Å². The minimum Gasteiger partial charge on any atom is -0.463 e. The van der Waals surface area contributed by atoms with Crippen molar-refractivity contribution in [2.75, 3.05) is 13.2 Å². The number of hydrogen-bond acceptors (Lipinski definition) is 7. The zero-order valence-electron chi connectivity index (χ0n) is 18.4. The van der Waals surface area contributed by atoms with E-state index in [1.807, 2.05) is 6.07 Å². The molecule has 0 bridgehead atoms. The molecule has 1 atom stereocenters. The van der Waals surface area contributed by atoms with E-state index in [0.29, 0.717) is 16.7 Å². The van der Waals surface area contributed by atoms with Gasteiger partial charge >= 0.3 is 23.7 Å². The Morgan fingerprint density at radius 3 is 2.53 bits per heavy atom. The number of esters is 2. The van der Waals surface area contributed by atoms with Crippen molar-refractivity contribution in [3.8, 4) is 0 Å². The first-order valence-corrected chi connectivity index (χ1v) is 10.7.